The maximum Gasteiger partial charge on any atom is 0.410 e. The highest BCUT2D eigenvalue weighted by molar-refractivity contribution is 6.30. The fourth-order valence-electron chi connectivity index (χ4n) is 4.98. The summed E-state index contributed by atoms with van der Waals surface area (Å²) in [6, 6.07) is 12.7. The van der Waals surface area contributed by atoms with Gasteiger partial charge in [-0.05, 0) is 42.8 Å². The van der Waals surface area contributed by atoms with Crippen LogP contribution < -0.4 is 10.3 Å². The number of carbonyl (C=O) groups excluding carboxylic acids is 1. The summed E-state index contributed by atoms with van der Waals surface area (Å²) in [6.45, 7) is 3.12. The van der Waals surface area contributed by atoms with Crippen molar-refractivity contribution >= 4 is 28.6 Å². The quantitative estimate of drug-likeness (QED) is 0.390. The predicted molar refractivity (Wildman–Crippen MR) is 138 cm³/mol. The second kappa shape index (κ2) is 9.48. The minimum atomic E-state index is -0.268. The Hall–Kier alpha value is -3.98. The van der Waals surface area contributed by atoms with Crippen LogP contribution in [0.4, 0.5) is 4.79 Å². The Kier molecular flexibility index (Phi) is 6.00. The first-order valence-electron chi connectivity index (χ1n) is 12.1. The zero-order valence-corrected chi connectivity index (χ0v) is 20.9. The molecule has 2 aromatic carbocycles. The normalized spacial score (nSPS) is 19.1. The molecule has 6 rings (SSSR count). The topological polar surface area (TPSA) is 99.4 Å². The summed E-state index contributed by atoms with van der Waals surface area (Å²) < 4.78 is 13.3. The molecular formula is C27H24ClN5O4. The third-order valence-electron chi connectivity index (χ3n) is 6.90. The third-order valence-corrected chi connectivity index (χ3v) is 7.15. The van der Waals surface area contributed by atoms with Gasteiger partial charge in [0.25, 0.3) is 5.56 Å². The second-order valence-corrected chi connectivity index (χ2v) is 9.74. The molecule has 10 heteroatoms. The molecule has 0 unspecified atom stereocenters. The van der Waals surface area contributed by atoms with Gasteiger partial charge >= 0.3 is 6.09 Å². The number of aromatic nitrogens is 4. The number of amides is 1. The van der Waals surface area contributed by atoms with E-state index in [9.17, 15) is 9.59 Å². The Morgan fingerprint density at radius 3 is 2.70 bits per heavy atom. The standard InChI is InChI=1S/C27H24ClN5O4/c1-16-31-23-12-22(25-29-8-2-9-30-25)24(37-20-7-10-32-19(11-20)15-36-27(32)35)13-21(23)26(34)33(16)14-17-3-5-18(28)6-4-17/h2-6,8-9,12-13,19-20H,7,10-11,14-15H2,1H3/t19-,20-/m0/s1. The van der Waals surface area contributed by atoms with Gasteiger partial charge in [0.15, 0.2) is 5.82 Å². The number of carbonyl (C=O) groups is 1. The minimum absolute atomic E-state index is 0.0101. The van der Waals surface area contributed by atoms with E-state index in [2.05, 4.69) is 9.97 Å². The molecular weight excluding hydrogens is 494 g/mol. The van der Waals surface area contributed by atoms with E-state index in [1.165, 1.54) is 0 Å². The average Bonchev–Trinajstić information content (AvgIpc) is 3.28. The van der Waals surface area contributed by atoms with E-state index in [1.807, 2.05) is 25.1 Å². The van der Waals surface area contributed by atoms with Gasteiger partial charge in [-0.25, -0.2) is 19.7 Å². The molecule has 0 aliphatic carbocycles. The van der Waals surface area contributed by atoms with Crippen molar-refractivity contribution in [1.82, 2.24) is 24.4 Å². The zero-order chi connectivity index (χ0) is 25.5. The smallest absolute Gasteiger partial charge is 0.410 e. The first kappa shape index (κ1) is 23.4. The van der Waals surface area contributed by atoms with Gasteiger partial charge in [-0.2, -0.15) is 0 Å². The summed E-state index contributed by atoms with van der Waals surface area (Å²) in [5.41, 5.74) is 2.00. The Labute approximate surface area is 217 Å². The molecule has 37 heavy (non-hydrogen) atoms. The van der Waals surface area contributed by atoms with Gasteiger partial charge in [-0.15, -0.1) is 0 Å². The molecule has 1 amide bonds. The van der Waals surface area contributed by atoms with E-state index in [0.29, 0.717) is 71.4 Å². The summed E-state index contributed by atoms with van der Waals surface area (Å²) >= 11 is 6.02. The number of aryl methyl sites for hydroxylation is 1. The highest BCUT2D eigenvalue weighted by Gasteiger charge is 2.39. The highest BCUT2D eigenvalue weighted by atomic mass is 35.5. The van der Waals surface area contributed by atoms with Gasteiger partial charge in [-0.3, -0.25) is 9.36 Å². The SMILES string of the molecule is Cc1nc2cc(-c3ncccn3)c(O[C@H]3CCN4C(=O)OC[C@@H]4C3)cc2c(=O)n1Cc1ccc(Cl)cc1. The molecule has 0 N–H and O–H groups in total. The number of rotatable bonds is 5. The molecule has 0 saturated carbocycles. The van der Waals surface area contributed by atoms with Crippen LogP contribution in [0, 0.1) is 6.92 Å². The van der Waals surface area contributed by atoms with E-state index >= 15 is 0 Å². The molecule has 9 nitrogen and oxygen atoms in total. The van der Waals surface area contributed by atoms with Crippen molar-refractivity contribution < 1.29 is 14.3 Å². The van der Waals surface area contributed by atoms with Crippen molar-refractivity contribution in [1.29, 1.82) is 0 Å². The fraction of sp³-hybridized carbons (Fsp3) is 0.296. The number of cyclic esters (lactones) is 1. The molecule has 4 heterocycles. The summed E-state index contributed by atoms with van der Waals surface area (Å²) in [4.78, 5) is 40.9. The number of fused-ring (bicyclic) bond motifs is 2. The van der Waals surface area contributed by atoms with Crippen LogP contribution in [0.2, 0.25) is 5.02 Å². The fourth-order valence-corrected chi connectivity index (χ4v) is 5.10. The third kappa shape index (κ3) is 4.51. The first-order valence-corrected chi connectivity index (χ1v) is 12.5. The largest absolute Gasteiger partial charge is 0.489 e. The molecule has 2 atom stereocenters. The Balaban J connectivity index is 1.41. The van der Waals surface area contributed by atoms with Crippen LogP contribution in [0.3, 0.4) is 0 Å². The molecule has 2 saturated heterocycles. The number of piperidine rings is 1. The Morgan fingerprint density at radius 2 is 1.92 bits per heavy atom. The van der Waals surface area contributed by atoms with Crippen molar-refractivity contribution in [2.24, 2.45) is 0 Å². The number of ether oxygens (including phenoxy) is 2. The van der Waals surface area contributed by atoms with Crippen molar-refractivity contribution in [2.45, 2.75) is 38.5 Å². The van der Waals surface area contributed by atoms with Crippen LogP contribution in [-0.2, 0) is 11.3 Å². The number of hydrogen-bond acceptors (Lipinski definition) is 7. The lowest BCUT2D eigenvalue weighted by molar-refractivity contribution is 0.0940. The molecule has 2 fully saturated rings. The van der Waals surface area contributed by atoms with E-state index < -0.39 is 0 Å². The van der Waals surface area contributed by atoms with Crippen LogP contribution in [0.5, 0.6) is 5.75 Å². The average molecular weight is 518 g/mol. The van der Waals surface area contributed by atoms with Crippen molar-refractivity contribution in [3.05, 3.63) is 81.6 Å². The molecule has 0 spiro atoms. The molecule has 2 aliphatic rings. The summed E-state index contributed by atoms with van der Waals surface area (Å²) in [7, 11) is 0. The molecule has 2 aliphatic heterocycles. The number of hydrogen-bond donors (Lipinski definition) is 0. The van der Waals surface area contributed by atoms with Gasteiger partial charge in [0.2, 0.25) is 0 Å². The lowest BCUT2D eigenvalue weighted by atomic mass is 10.0. The van der Waals surface area contributed by atoms with Crippen LogP contribution >= 0.6 is 11.6 Å². The zero-order valence-electron chi connectivity index (χ0n) is 20.1. The van der Waals surface area contributed by atoms with Gasteiger partial charge in [0.05, 0.1) is 29.1 Å². The number of benzene rings is 2. The minimum Gasteiger partial charge on any atom is -0.489 e. The first-order chi connectivity index (χ1) is 18.0. The van der Waals surface area contributed by atoms with Crippen molar-refractivity contribution in [3.63, 3.8) is 0 Å². The highest BCUT2D eigenvalue weighted by Crippen LogP contribution is 2.34. The van der Waals surface area contributed by atoms with Gasteiger partial charge in [-0.1, -0.05) is 23.7 Å². The maximum absolute atomic E-state index is 13.6. The van der Waals surface area contributed by atoms with Gasteiger partial charge in [0, 0.05) is 36.8 Å². The Bertz CT molecular complexity index is 1540. The van der Waals surface area contributed by atoms with E-state index in [1.54, 1.807) is 46.1 Å². The predicted octanol–water partition coefficient (Wildman–Crippen LogP) is 4.23. The van der Waals surface area contributed by atoms with E-state index in [-0.39, 0.29) is 23.8 Å². The van der Waals surface area contributed by atoms with Gasteiger partial charge in [0.1, 0.15) is 24.3 Å². The van der Waals surface area contributed by atoms with Crippen molar-refractivity contribution in [3.8, 4) is 17.1 Å². The number of halogens is 1. The maximum atomic E-state index is 13.6. The molecule has 188 valence electrons. The van der Waals surface area contributed by atoms with Crippen LogP contribution in [0.25, 0.3) is 22.3 Å². The number of nitrogens with zero attached hydrogens (tertiary/aromatic N) is 5. The lowest BCUT2D eigenvalue weighted by Gasteiger charge is -2.32. The lowest BCUT2D eigenvalue weighted by Crippen LogP contribution is -2.44. The molecule has 2 aromatic heterocycles. The van der Waals surface area contributed by atoms with Crippen LogP contribution in [0.1, 0.15) is 24.2 Å². The van der Waals surface area contributed by atoms with Crippen LogP contribution in [-0.4, -0.2) is 55.8 Å². The molecule has 0 radical (unpaired) electrons. The van der Waals surface area contributed by atoms with E-state index in [0.717, 1.165) is 5.56 Å². The monoisotopic (exact) mass is 517 g/mol. The summed E-state index contributed by atoms with van der Waals surface area (Å²) in [5, 5.41) is 1.09. The Morgan fingerprint density at radius 1 is 1.14 bits per heavy atom. The van der Waals surface area contributed by atoms with Crippen LogP contribution in [0.15, 0.2) is 59.7 Å². The van der Waals surface area contributed by atoms with E-state index in [4.69, 9.17) is 26.1 Å². The summed E-state index contributed by atoms with van der Waals surface area (Å²) in [6.07, 6.45) is 4.22. The summed E-state index contributed by atoms with van der Waals surface area (Å²) in [5.74, 6) is 1.60. The second-order valence-electron chi connectivity index (χ2n) is 9.30. The van der Waals surface area contributed by atoms with Crippen molar-refractivity contribution in [2.75, 3.05) is 13.2 Å². The van der Waals surface area contributed by atoms with Gasteiger partial charge < -0.3 is 14.4 Å². The molecule has 4 aromatic rings. The molecule has 0 bridgehead atoms.